The number of hydrogen-bond donors (Lipinski definition) is 1. The van der Waals surface area contributed by atoms with Gasteiger partial charge in [0, 0.05) is 23.4 Å². The second-order valence-corrected chi connectivity index (χ2v) is 7.28. The molecule has 2 aliphatic rings. The van der Waals surface area contributed by atoms with Crippen molar-refractivity contribution < 1.29 is 22.7 Å². The molecular weight excluding hydrogens is 333 g/mol. The average Bonchev–Trinajstić information content (AvgIpc) is 3.43. The fourth-order valence-corrected chi connectivity index (χ4v) is 3.08. The molecule has 138 valence electrons. The van der Waals surface area contributed by atoms with E-state index < -0.39 is 12.8 Å². The van der Waals surface area contributed by atoms with Crippen molar-refractivity contribution in [2.75, 3.05) is 6.61 Å². The van der Waals surface area contributed by atoms with Crippen molar-refractivity contribution in [1.82, 2.24) is 10.3 Å². The van der Waals surface area contributed by atoms with Gasteiger partial charge in [-0.3, -0.25) is 9.78 Å². The topological polar surface area (TPSA) is 51.2 Å². The van der Waals surface area contributed by atoms with E-state index in [2.05, 4.69) is 10.3 Å². The molecule has 1 aromatic heterocycles. The fraction of sp³-hybridized carbons (Fsp3) is 0.667. The Hall–Kier alpha value is -1.79. The molecule has 0 bridgehead atoms. The second-order valence-electron chi connectivity index (χ2n) is 7.28. The molecule has 25 heavy (non-hydrogen) atoms. The van der Waals surface area contributed by atoms with Gasteiger partial charge in [0.1, 0.15) is 11.4 Å². The van der Waals surface area contributed by atoms with E-state index in [-0.39, 0.29) is 28.8 Å². The van der Waals surface area contributed by atoms with Crippen molar-refractivity contribution >= 4 is 5.91 Å². The summed E-state index contributed by atoms with van der Waals surface area (Å²) in [6.07, 6.45) is 1.84. The van der Waals surface area contributed by atoms with Gasteiger partial charge in [-0.15, -0.1) is 0 Å². The minimum Gasteiger partial charge on any atom is -0.484 e. The fourth-order valence-electron chi connectivity index (χ4n) is 3.08. The lowest BCUT2D eigenvalue weighted by Crippen LogP contribution is -2.47. The van der Waals surface area contributed by atoms with Crippen LogP contribution >= 0.6 is 0 Å². The number of amides is 1. The van der Waals surface area contributed by atoms with Gasteiger partial charge in [0.2, 0.25) is 0 Å². The van der Waals surface area contributed by atoms with Crippen molar-refractivity contribution in [3.63, 3.8) is 0 Å². The molecule has 1 unspecified atom stereocenters. The summed E-state index contributed by atoms with van der Waals surface area (Å²) >= 11 is 0. The van der Waals surface area contributed by atoms with E-state index >= 15 is 0 Å². The van der Waals surface area contributed by atoms with Gasteiger partial charge in [0.25, 0.3) is 5.91 Å². The van der Waals surface area contributed by atoms with Gasteiger partial charge in [0.05, 0.1) is 0 Å². The van der Waals surface area contributed by atoms with Crippen molar-refractivity contribution in [2.24, 2.45) is 5.92 Å². The van der Waals surface area contributed by atoms with Gasteiger partial charge < -0.3 is 10.1 Å². The van der Waals surface area contributed by atoms with Crippen LogP contribution < -0.4 is 10.1 Å². The molecule has 7 heteroatoms. The van der Waals surface area contributed by atoms with E-state index in [0.717, 1.165) is 32.1 Å². The first-order valence-corrected chi connectivity index (χ1v) is 8.74. The summed E-state index contributed by atoms with van der Waals surface area (Å²) in [6, 6.07) is 1.34. The third-order valence-corrected chi connectivity index (χ3v) is 5.15. The Balaban J connectivity index is 1.77. The van der Waals surface area contributed by atoms with Crippen LogP contribution in [-0.4, -0.2) is 29.2 Å². The maximum atomic E-state index is 12.6. The number of ether oxygens (including phenoxy) is 1. The van der Waals surface area contributed by atoms with Gasteiger partial charge in [-0.2, -0.15) is 13.2 Å². The van der Waals surface area contributed by atoms with E-state index in [9.17, 15) is 18.0 Å². The number of carbonyl (C=O) groups excluding carboxylic acids is 1. The standard InChI is InChI=1S/C18H23F3N2O2/c1-3-17(2,12-6-7-12)23-16(24)14-8-15(25-10-18(19,20)21)13(9-22-14)11-4-5-11/h8-9,11-12H,3-7,10H2,1-2H3,(H,23,24). The zero-order valence-electron chi connectivity index (χ0n) is 14.4. The molecule has 1 aromatic rings. The molecule has 1 amide bonds. The van der Waals surface area contributed by atoms with E-state index in [0.29, 0.717) is 11.5 Å². The molecule has 3 rings (SSSR count). The predicted molar refractivity (Wildman–Crippen MR) is 86.6 cm³/mol. The predicted octanol–water partition coefficient (Wildman–Crippen LogP) is 4.21. The van der Waals surface area contributed by atoms with Crippen LogP contribution in [-0.2, 0) is 0 Å². The Morgan fingerprint density at radius 3 is 2.52 bits per heavy atom. The number of hydrogen-bond acceptors (Lipinski definition) is 3. The normalized spacial score (nSPS) is 20.0. The van der Waals surface area contributed by atoms with Crippen LogP contribution in [0.2, 0.25) is 0 Å². The maximum absolute atomic E-state index is 12.6. The first kappa shape index (κ1) is 18.0. The van der Waals surface area contributed by atoms with Crippen molar-refractivity contribution in [2.45, 2.75) is 63.6 Å². The number of rotatable bonds is 7. The summed E-state index contributed by atoms with van der Waals surface area (Å²) in [7, 11) is 0. The third kappa shape index (κ3) is 4.44. The first-order valence-electron chi connectivity index (χ1n) is 8.74. The second kappa shape index (κ2) is 6.50. The minimum absolute atomic E-state index is 0.0990. The van der Waals surface area contributed by atoms with E-state index in [1.165, 1.54) is 12.3 Å². The molecule has 1 N–H and O–H groups in total. The summed E-state index contributed by atoms with van der Waals surface area (Å²) in [6.45, 7) is 2.65. The summed E-state index contributed by atoms with van der Waals surface area (Å²) < 4.78 is 42.4. The first-order chi connectivity index (χ1) is 11.7. The monoisotopic (exact) mass is 356 g/mol. The lowest BCUT2D eigenvalue weighted by molar-refractivity contribution is -0.153. The SMILES string of the molecule is CCC(C)(NC(=O)c1cc(OCC(F)(F)F)c(C2CC2)cn1)C1CC1. The molecule has 0 saturated heterocycles. The van der Waals surface area contributed by atoms with Gasteiger partial charge in [0.15, 0.2) is 6.61 Å². The van der Waals surface area contributed by atoms with Crippen LogP contribution in [0.3, 0.4) is 0 Å². The van der Waals surface area contributed by atoms with Crippen LogP contribution in [0, 0.1) is 5.92 Å². The minimum atomic E-state index is -4.42. The number of alkyl halides is 3. The Labute approximate surface area is 145 Å². The molecule has 2 aliphatic carbocycles. The highest BCUT2D eigenvalue weighted by Gasteiger charge is 2.41. The van der Waals surface area contributed by atoms with Crippen molar-refractivity contribution in [3.05, 3.63) is 23.5 Å². The number of aromatic nitrogens is 1. The Morgan fingerprint density at radius 2 is 2.00 bits per heavy atom. The van der Waals surface area contributed by atoms with Gasteiger partial charge in [-0.1, -0.05) is 6.92 Å². The molecule has 0 radical (unpaired) electrons. The zero-order chi connectivity index (χ0) is 18.2. The van der Waals surface area contributed by atoms with Crippen LogP contribution in [0.25, 0.3) is 0 Å². The van der Waals surface area contributed by atoms with Crippen LogP contribution in [0.5, 0.6) is 5.75 Å². The molecule has 2 fully saturated rings. The smallest absolute Gasteiger partial charge is 0.422 e. The molecular formula is C18H23F3N2O2. The number of carbonyl (C=O) groups is 1. The quantitative estimate of drug-likeness (QED) is 0.796. The largest absolute Gasteiger partial charge is 0.484 e. The summed E-state index contributed by atoms with van der Waals surface area (Å²) in [4.78, 5) is 16.7. The van der Waals surface area contributed by atoms with Gasteiger partial charge >= 0.3 is 6.18 Å². The average molecular weight is 356 g/mol. The van der Waals surface area contributed by atoms with E-state index in [1.807, 2.05) is 13.8 Å². The molecule has 4 nitrogen and oxygen atoms in total. The zero-order valence-corrected chi connectivity index (χ0v) is 14.4. The highest BCUT2D eigenvalue weighted by atomic mass is 19.4. The van der Waals surface area contributed by atoms with Crippen LogP contribution in [0.15, 0.2) is 12.3 Å². The molecule has 0 spiro atoms. The molecule has 1 atom stereocenters. The molecule has 0 aliphatic heterocycles. The van der Waals surface area contributed by atoms with E-state index in [1.54, 1.807) is 0 Å². The summed E-state index contributed by atoms with van der Waals surface area (Å²) in [5.41, 5.74) is 0.448. The summed E-state index contributed by atoms with van der Waals surface area (Å²) in [5.74, 6) is 0.383. The summed E-state index contributed by atoms with van der Waals surface area (Å²) in [5, 5.41) is 3.01. The Bertz CT molecular complexity index is 654. The van der Waals surface area contributed by atoms with Crippen LogP contribution in [0.1, 0.15) is 67.9 Å². The lowest BCUT2D eigenvalue weighted by atomic mass is 9.92. The third-order valence-electron chi connectivity index (χ3n) is 5.15. The Kier molecular flexibility index (Phi) is 4.68. The molecule has 2 saturated carbocycles. The highest BCUT2D eigenvalue weighted by Crippen LogP contribution is 2.44. The number of pyridine rings is 1. The molecule has 1 heterocycles. The number of nitrogens with one attached hydrogen (secondary N) is 1. The van der Waals surface area contributed by atoms with Gasteiger partial charge in [-0.25, -0.2) is 0 Å². The van der Waals surface area contributed by atoms with Crippen molar-refractivity contribution in [1.29, 1.82) is 0 Å². The Morgan fingerprint density at radius 1 is 1.32 bits per heavy atom. The van der Waals surface area contributed by atoms with Gasteiger partial charge in [-0.05, 0) is 50.9 Å². The van der Waals surface area contributed by atoms with Crippen molar-refractivity contribution in [3.8, 4) is 5.75 Å². The maximum Gasteiger partial charge on any atom is 0.422 e. The number of halogens is 3. The number of nitrogens with zero attached hydrogens (tertiary/aromatic N) is 1. The lowest BCUT2D eigenvalue weighted by Gasteiger charge is -2.29. The highest BCUT2D eigenvalue weighted by molar-refractivity contribution is 5.93. The van der Waals surface area contributed by atoms with E-state index in [4.69, 9.17) is 4.74 Å². The molecule has 0 aromatic carbocycles. The van der Waals surface area contributed by atoms with Crippen LogP contribution in [0.4, 0.5) is 13.2 Å².